The topological polar surface area (TPSA) is 83.5 Å². The summed E-state index contributed by atoms with van der Waals surface area (Å²) in [7, 11) is 1.65. The van der Waals surface area contributed by atoms with Crippen molar-refractivity contribution in [3.8, 4) is 11.5 Å². The van der Waals surface area contributed by atoms with Gasteiger partial charge in [-0.15, -0.1) is 0 Å². The zero-order valence-electron chi connectivity index (χ0n) is 25.2. The van der Waals surface area contributed by atoms with E-state index in [1.165, 1.54) is 17.3 Å². The number of rotatable bonds is 5. The highest BCUT2D eigenvalue weighted by atomic mass is 32.2. The van der Waals surface area contributed by atoms with Gasteiger partial charge in [0.25, 0.3) is 0 Å². The second-order valence-electron chi connectivity index (χ2n) is 13.8. The predicted molar refractivity (Wildman–Crippen MR) is 156 cm³/mol. The third-order valence-corrected chi connectivity index (χ3v) is 10.2. The first-order chi connectivity index (χ1) is 19.3. The fourth-order valence-corrected chi connectivity index (χ4v) is 8.69. The van der Waals surface area contributed by atoms with Gasteiger partial charge in [-0.1, -0.05) is 32.5 Å². The quantitative estimate of drug-likeness (QED) is 0.415. The molecule has 1 aromatic rings. The zero-order valence-corrected chi connectivity index (χ0v) is 26.0. The monoisotopic (exact) mass is 585 g/mol. The maximum atomic E-state index is 14.4. The first-order valence-corrected chi connectivity index (χ1v) is 15.7. The van der Waals surface area contributed by atoms with Crippen molar-refractivity contribution in [2.45, 2.75) is 113 Å². The number of fused-ring (bicyclic) bond motifs is 3. The van der Waals surface area contributed by atoms with E-state index in [4.69, 9.17) is 23.7 Å². The molecule has 224 valence electrons. The van der Waals surface area contributed by atoms with Crippen LogP contribution in [0, 0.1) is 0 Å². The Bertz CT molecular complexity index is 1270. The maximum absolute atomic E-state index is 14.4. The van der Waals surface area contributed by atoms with E-state index in [9.17, 15) is 9.59 Å². The summed E-state index contributed by atoms with van der Waals surface area (Å²) in [4.78, 5) is 30.3. The van der Waals surface area contributed by atoms with Crippen molar-refractivity contribution >= 4 is 22.8 Å². The molecule has 5 aliphatic rings. The fraction of sp³-hybridized carbons (Fsp3) is 0.688. The van der Waals surface area contributed by atoms with Crippen LogP contribution >= 0.6 is 11.8 Å². The minimum absolute atomic E-state index is 0.0207. The summed E-state index contributed by atoms with van der Waals surface area (Å²) in [6.45, 7) is 12.1. The Kier molecular flexibility index (Phi) is 7.18. The Hall–Kier alpha value is -2.23. The summed E-state index contributed by atoms with van der Waals surface area (Å²) in [5.41, 5.74) is 0.0752. The summed E-state index contributed by atoms with van der Waals surface area (Å²) >= 11 is 1.25. The van der Waals surface area contributed by atoms with Crippen LogP contribution in [0.4, 0.5) is 0 Å². The van der Waals surface area contributed by atoms with Crippen LogP contribution in [0.5, 0.6) is 11.5 Å². The van der Waals surface area contributed by atoms with Crippen LogP contribution in [-0.2, 0) is 30.2 Å². The van der Waals surface area contributed by atoms with Crippen LogP contribution in [0.3, 0.4) is 0 Å². The molecule has 1 aliphatic carbocycles. The molecule has 2 fully saturated rings. The molecule has 8 nitrogen and oxygen atoms in total. The molecule has 0 aromatic heterocycles. The Balaban J connectivity index is 1.38. The van der Waals surface area contributed by atoms with Crippen LogP contribution in [0.25, 0.3) is 0 Å². The van der Waals surface area contributed by atoms with Crippen molar-refractivity contribution in [2.24, 2.45) is 0 Å². The number of esters is 1. The van der Waals surface area contributed by atoms with Crippen LogP contribution in [0.2, 0.25) is 0 Å². The summed E-state index contributed by atoms with van der Waals surface area (Å²) < 4.78 is 30.3. The number of nitrogens with zero attached hydrogens (tertiary/aromatic N) is 1. The van der Waals surface area contributed by atoms with Crippen LogP contribution in [0.1, 0.15) is 90.2 Å². The van der Waals surface area contributed by atoms with Gasteiger partial charge in [0, 0.05) is 11.3 Å². The van der Waals surface area contributed by atoms with Crippen molar-refractivity contribution in [3.05, 3.63) is 35.1 Å². The van der Waals surface area contributed by atoms with Crippen LogP contribution in [0.15, 0.2) is 24.0 Å². The van der Waals surface area contributed by atoms with E-state index < -0.39 is 23.3 Å². The fourth-order valence-electron chi connectivity index (χ4n) is 7.70. The van der Waals surface area contributed by atoms with E-state index in [-0.39, 0.29) is 34.5 Å². The van der Waals surface area contributed by atoms with E-state index in [2.05, 4.69) is 23.1 Å². The van der Waals surface area contributed by atoms with Crippen molar-refractivity contribution in [2.75, 3.05) is 27.0 Å². The first-order valence-electron chi connectivity index (χ1n) is 14.9. The molecule has 0 radical (unpaired) electrons. The maximum Gasteiger partial charge on any atom is 0.339 e. The lowest BCUT2D eigenvalue weighted by atomic mass is 9.77. The second-order valence-corrected chi connectivity index (χ2v) is 15.6. The molecule has 0 saturated carbocycles. The van der Waals surface area contributed by atoms with Gasteiger partial charge in [-0.3, -0.25) is 9.69 Å². The van der Waals surface area contributed by atoms with Gasteiger partial charge in [-0.25, -0.2) is 4.79 Å². The first kappa shape index (κ1) is 28.9. The van der Waals surface area contributed by atoms with E-state index in [1.54, 1.807) is 7.11 Å². The number of carbonyl (C=O) groups is 2. The highest BCUT2D eigenvalue weighted by Crippen LogP contribution is 2.56. The van der Waals surface area contributed by atoms with Crippen LogP contribution < -0.4 is 9.47 Å². The van der Waals surface area contributed by atoms with Gasteiger partial charge in [-0.2, -0.15) is 0 Å². The Morgan fingerprint density at radius 3 is 2.54 bits per heavy atom. The lowest BCUT2D eigenvalue weighted by molar-refractivity contribution is -0.213. The van der Waals surface area contributed by atoms with E-state index in [0.29, 0.717) is 12.2 Å². The molecular weight excluding hydrogens is 542 g/mol. The van der Waals surface area contributed by atoms with E-state index in [1.807, 2.05) is 34.6 Å². The molecular formula is C32H43NO7S. The molecule has 2 saturated heterocycles. The molecule has 1 unspecified atom stereocenters. The lowest BCUT2D eigenvalue weighted by Gasteiger charge is -2.44. The van der Waals surface area contributed by atoms with Gasteiger partial charge >= 0.3 is 5.97 Å². The molecule has 41 heavy (non-hydrogen) atoms. The van der Waals surface area contributed by atoms with Crippen LogP contribution in [-0.4, -0.2) is 70.6 Å². The van der Waals surface area contributed by atoms with Crippen molar-refractivity contribution in [1.29, 1.82) is 0 Å². The smallest absolute Gasteiger partial charge is 0.339 e. The Morgan fingerprint density at radius 1 is 1.07 bits per heavy atom. The average Bonchev–Trinajstić information content (AvgIpc) is 3.55. The lowest BCUT2D eigenvalue weighted by Crippen LogP contribution is -2.54. The number of carbonyl (C=O) groups excluding carboxylic acids is 2. The highest BCUT2D eigenvalue weighted by Gasteiger charge is 2.60. The minimum Gasteiger partial charge on any atom is -0.497 e. The van der Waals surface area contributed by atoms with Gasteiger partial charge in [0.15, 0.2) is 28.3 Å². The van der Waals surface area contributed by atoms with Crippen molar-refractivity contribution in [1.82, 2.24) is 4.90 Å². The number of thioether (sulfide) groups is 1. The molecule has 9 heteroatoms. The predicted octanol–water partition coefficient (Wildman–Crippen LogP) is 5.51. The molecule has 4 aliphatic heterocycles. The zero-order chi connectivity index (χ0) is 29.2. The van der Waals surface area contributed by atoms with Gasteiger partial charge in [0.2, 0.25) is 6.79 Å². The van der Waals surface area contributed by atoms with Crippen molar-refractivity contribution in [3.63, 3.8) is 0 Å². The highest BCUT2D eigenvalue weighted by molar-refractivity contribution is 8.14. The third kappa shape index (κ3) is 5.16. The van der Waals surface area contributed by atoms with Crippen molar-refractivity contribution < 1.29 is 33.3 Å². The van der Waals surface area contributed by atoms with E-state index in [0.717, 1.165) is 62.3 Å². The molecule has 6 rings (SSSR count). The van der Waals surface area contributed by atoms with Gasteiger partial charge in [0.1, 0.15) is 5.76 Å². The molecule has 0 amide bonds. The third-order valence-electron chi connectivity index (χ3n) is 9.25. The number of ether oxygens (including phenoxy) is 5. The Morgan fingerprint density at radius 2 is 1.83 bits per heavy atom. The molecule has 4 atom stereocenters. The molecule has 1 aromatic carbocycles. The number of methoxy groups -OCH3 is 1. The molecule has 0 N–H and O–H groups in total. The SMILES string of the molecule is COC1=C[C@@]23CCCN2CCc2cc4c(cc2[C@@H]3C1OC(=O)[C@]1(CC(=O)SC(C)(C)C)CCCC(C)(C)O1)OCO4. The standard InChI is InChI=1S/C32H43NO7S/c1-29(2,3)41-25(34)18-32(12-7-10-30(4,5)40-32)28(35)39-27-24(36-6)17-31-11-8-13-33(31)14-9-20-15-22-23(38-19-37-22)16-21(20)26(27)31/h15-17,26-27H,7-14,18-19H2,1-6H3/t26-,27?,31-,32-/m1/s1. The Labute approximate surface area is 247 Å². The van der Waals surface area contributed by atoms with E-state index >= 15 is 0 Å². The minimum atomic E-state index is -1.34. The molecule has 0 bridgehead atoms. The largest absolute Gasteiger partial charge is 0.497 e. The normalized spacial score (nSPS) is 31.9. The molecule has 4 heterocycles. The van der Waals surface area contributed by atoms with Gasteiger partial charge in [0.05, 0.1) is 30.6 Å². The second kappa shape index (κ2) is 10.2. The average molecular weight is 586 g/mol. The molecule has 1 spiro atoms. The summed E-state index contributed by atoms with van der Waals surface area (Å²) in [5.74, 6) is 1.48. The van der Waals surface area contributed by atoms with Gasteiger partial charge in [-0.05, 0) is 88.3 Å². The number of hydrogen-bond donors (Lipinski definition) is 0. The summed E-state index contributed by atoms with van der Waals surface area (Å²) in [5, 5.41) is -0.0629. The summed E-state index contributed by atoms with van der Waals surface area (Å²) in [6, 6.07) is 4.17. The number of benzene rings is 1. The number of hydrogen-bond acceptors (Lipinski definition) is 9. The van der Waals surface area contributed by atoms with Gasteiger partial charge < -0.3 is 23.7 Å². The summed E-state index contributed by atoms with van der Waals surface area (Å²) in [6.07, 6.45) is 6.45.